The molecule has 0 aromatic heterocycles. The van der Waals surface area contributed by atoms with E-state index in [1.807, 2.05) is 91.0 Å². The van der Waals surface area contributed by atoms with Gasteiger partial charge in [0.25, 0.3) is 0 Å². The van der Waals surface area contributed by atoms with Gasteiger partial charge in [-0.2, -0.15) is 0 Å². The summed E-state index contributed by atoms with van der Waals surface area (Å²) in [5.41, 5.74) is 3.10. The van der Waals surface area contributed by atoms with Crippen molar-refractivity contribution < 1.29 is 24.1 Å². The molecule has 3 aromatic carbocycles. The Kier molecular flexibility index (Phi) is 10.5. The van der Waals surface area contributed by atoms with Crippen molar-refractivity contribution in [2.45, 2.75) is 57.0 Å². The van der Waals surface area contributed by atoms with E-state index in [2.05, 4.69) is 10.6 Å². The Morgan fingerprint density at radius 2 is 1.27 bits per heavy atom. The predicted octanol–water partition coefficient (Wildman–Crippen LogP) is 4.20. The zero-order chi connectivity index (χ0) is 25.7. The van der Waals surface area contributed by atoms with Gasteiger partial charge in [-0.05, 0) is 23.1 Å². The quantitative estimate of drug-likeness (QED) is 0.321. The zero-order valence-corrected chi connectivity index (χ0v) is 21.0. The molecule has 1 amide bonds. The number of aliphatic hydroxyl groups is 1. The van der Waals surface area contributed by atoms with E-state index in [4.69, 9.17) is 14.2 Å². The number of hydrogen-bond acceptors (Lipinski definition) is 6. The highest BCUT2D eigenvalue weighted by Crippen LogP contribution is 2.26. The first kappa shape index (κ1) is 26.8. The second-order valence-electron chi connectivity index (χ2n) is 9.26. The number of alkyl carbamates (subject to hydrolysis) is 1. The van der Waals surface area contributed by atoms with Crippen LogP contribution in [0.4, 0.5) is 4.79 Å². The van der Waals surface area contributed by atoms with Crippen LogP contribution in [-0.2, 0) is 34.0 Å². The summed E-state index contributed by atoms with van der Waals surface area (Å²) in [6.07, 6.45) is -0.323. The Bertz CT molecular complexity index is 1050. The van der Waals surface area contributed by atoms with E-state index in [1.165, 1.54) is 0 Å². The number of aliphatic hydroxyl groups excluding tert-OH is 1. The molecule has 0 unspecified atom stereocenters. The minimum Gasteiger partial charge on any atom is -0.445 e. The van der Waals surface area contributed by atoms with Gasteiger partial charge in [0, 0.05) is 25.6 Å². The Morgan fingerprint density at radius 1 is 0.730 bits per heavy atom. The molecule has 3 N–H and O–H groups in total. The number of carbonyl (C=O) groups is 1. The van der Waals surface area contributed by atoms with Crippen molar-refractivity contribution in [3.05, 3.63) is 108 Å². The summed E-state index contributed by atoms with van der Waals surface area (Å²) in [4.78, 5) is 12.0. The smallest absolute Gasteiger partial charge is 0.407 e. The Balaban J connectivity index is 1.26. The first-order valence-corrected chi connectivity index (χ1v) is 12.8. The second-order valence-corrected chi connectivity index (χ2v) is 9.26. The van der Waals surface area contributed by atoms with Crippen LogP contribution in [0.3, 0.4) is 0 Å². The molecule has 0 bridgehead atoms. The summed E-state index contributed by atoms with van der Waals surface area (Å²) >= 11 is 0. The molecule has 1 fully saturated rings. The topological polar surface area (TPSA) is 89.1 Å². The maximum Gasteiger partial charge on any atom is 0.407 e. The average molecular weight is 505 g/mol. The molecule has 7 heteroatoms. The van der Waals surface area contributed by atoms with Gasteiger partial charge in [0.15, 0.2) is 0 Å². The van der Waals surface area contributed by atoms with Crippen molar-refractivity contribution in [3.8, 4) is 0 Å². The summed E-state index contributed by atoms with van der Waals surface area (Å²) in [5.74, 6) is 0. The molecule has 0 spiro atoms. The molecule has 196 valence electrons. The number of hydrogen-bond donors (Lipinski definition) is 3. The SMILES string of the molecule is O=C(NCCN[C@@H]1C[C@H](OCc2ccccc2)C[C@@H](OCc2ccccc2)[C@H]1O)OCc1ccccc1. The summed E-state index contributed by atoms with van der Waals surface area (Å²) in [6, 6.07) is 29.3. The van der Waals surface area contributed by atoms with Gasteiger partial charge in [0.1, 0.15) is 6.61 Å². The first-order valence-electron chi connectivity index (χ1n) is 12.8. The van der Waals surface area contributed by atoms with Gasteiger partial charge in [-0.3, -0.25) is 0 Å². The van der Waals surface area contributed by atoms with E-state index < -0.39 is 12.2 Å². The molecule has 1 aliphatic carbocycles. The number of nitrogens with one attached hydrogen (secondary N) is 2. The van der Waals surface area contributed by atoms with Gasteiger partial charge in [0.05, 0.1) is 31.5 Å². The van der Waals surface area contributed by atoms with Crippen LogP contribution in [0.2, 0.25) is 0 Å². The van der Waals surface area contributed by atoms with E-state index in [0.29, 0.717) is 39.1 Å². The highest BCUT2D eigenvalue weighted by Gasteiger charge is 2.37. The first-order chi connectivity index (χ1) is 18.2. The molecule has 3 aromatic rings. The summed E-state index contributed by atoms with van der Waals surface area (Å²) < 4.78 is 17.6. The Labute approximate surface area is 218 Å². The zero-order valence-electron chi connectivity index (χ0n) is 21.0. The van der Waals surface area contributed by atoms with Crippen molar-refractivity contribution >= 4 is 6.09 Å². The number of ether oxygens (including phenoxy) is 3. The molecule has 0 radical (unpaired) electrons. The average Bonchev–Trinajstić information content (AvgIpc) is 2.95. The van der Waals surface area contributed by atoms with Crippen molar-refractivity contribution in [2.24, 2.45) is 0 Å². The fourth-order valence-electron chi connectivity index (χ4n) is 4.45. The molecule has 1 aliphatic rings. The number of carbonyl (C=O) groups excluding carboxylic acids is 1. The van der Waals surface area contributed by atoms with Gasteiger partial charge >= 0.3 is 6.09 Å². The fraction of sp³-hybridized carbons (Fsp3) is 0.367. The third kappa shape index (κ3) is 8.98. The Morgan fingerprint density at radius 3 is 1.86 bits per heavy atom. The molecule has 37 heavy (non-hydrogen) atoms. The van der Waals surface area contributed by atoms with E-state index in [1.54, 1.807) is 0 Å². The lowest BCUT2D eigenvalue weighted by molar-refractivity contribution is -0.123. The molecule has 7 nitrogen and oxygen atoms in total. The summed E-state index contributed by atoms with van der Waals surface area (Å²) in [6.45, 7) is 2.02. The predicted molar refractivity (Wildman–Crippen MR) is 142 cm³/mol. The number of rotatable bonds is 12. The van der Waals surface area contributed by atoms with Crippen LogP contribution in [0.25, 0.3) is 0 Å². The minimum absolute atomic E-state index is 0.0642. The monoisotopic (exact) mass is 504 g/mol. The standard InChI is InChI=1S/C30H36N2O5/c33-29-27(31-16-17-32-30(34)37-22-25-14-8-3-9-15-25)18-26(35-20-23-10-4-1-5-11-23)19-28(29)36-21-24-12-6-2-7-13-24/h1-15,26-29,31,33H,16-22H2,(H,32,34)/t26-,27+,28+,29-/m0/s1. The van der Waals surface area contributed by atoms with Crippen LogP contribution in [0, 0.1) is 0 Å². The third-order valence-electron chi connectivity index (χ3n) is 6.45. The fourth-order valence-corrected chi connectivity index (χ4v) is 4.45. The number of benzene rings is 3. The summed E-state index contributed by atoms with van der Waals surface area (Å²) in [5, 5.41) is 17.2. The van der Waals surface area contributed by atoms with Crippen LogP contribution < -0.4 is 10.6 Å². The van der Waals surface area contributed by atoms with Crippen molar-refractivity contribution in [3.63, 3.8) is 0 Å². The lowest BCUT2D eigenvalue weighted by atomic mass is 9.87. The van der Waals surface area contributed by atoms with Crippen molar-refractivity contribution in [1.82, 2.24) is 10.6 Å². The molecule has 4 atom stereocenters. The van der Waals surface area contributed by atoms with E-state index in [-0.39, 0.29) is 24.9 Å². The number of amides is 1. The van der Waals surface area contributed by atoms with Gasteiger partial charge in [0.2, 0.25) is 0 Å². The molecule has 4 rings (SSSR count). The van der Waals surface area contributed by atoms with Crippen LogP contribution in [0.5, 0.6) is 0 Å². The van der Waals surface area contributed by atoms with Crippen LogP contribution in [-0.4, -0.2) is 48.6 Å². The van der Waals surface area contributed by atoms with Gasteiger partial charge in [-0.25, -0.2) is 4.79 Å². The summed E-state index contributed by atoms with van der Waals surface area (Å²) in [7, 11) is 0. The van der Waals surface area contributed by atoms with Crippen LogP contribution >= 0.6 is 0 Å². The largest absolute Gasteiger partial charge is 0.445 e. The van der Waals surface area contributed by atoms with Crippen LogP contribution in [0.15, 0.2) is 91.0 Å². The van der Waals surface area contributed by atoms with Crippen molar-refractivity contribution in [1.29, 1.82) is 0 Å². The highest BCUT2D eigenvalue weighted by atomic mass is 16.5. The molecular formula is C30H36N2O5. The molecule has 0 saturated heterocycles. The van der Waals surface area contributed by atoms with Gasteiger partial charge in [-0.1, -0.05) is 91.0 Å². The maximum atomic E-state index is 12.0. The highest BCUT2D eigenvalue weighted by molar-refractivity contribution is 5.67. The molecule has 0 heterocycles. The molecule has 0 aliphatic heterocycles. The van der Waals surface area contributed by atoms with Crippen molar-refractivity contribution in [2.75, 3.05) is 13.1 Å². The third-order valence-corrected chi connectivity index (χ3v) is 6.45. The van der Waals surface area contributed by atoms with E-state index in [0.717, 1.165) is 16.7 Å². The lowest BCUT2D eigenvalue weighted by Gasteiger charge is -2.39. The van der Waals surface area contributed by atoms with E-state index in [9.17, 15) is 9.90 Å². The van der Waals surface area contributed by atoms with Gasteiger partial charge in [-0.15, -0.1) is 0 Å². The maximum absolute atomic E-state index is 12.0. The normalized spacial score (nSPS) is 21.3. The van der Waals surface area contributed by atoms with Gasteiger partial charge < -0.3 is 30.0 Å². The molecular weight excluding hydrogens is 468 g/mol. The molecule has 1 saturated carbocycles. The Hall–Kier alpha value is -3.23. The minimum atomic E-state index is -0.690. The van der Waals surface area contributed by atoms with E-state index >= 15 is 0 Å². The second kappa shape index (κ2) is 14.5. The van der Waals surface area contributed by atoms with Crippen LogP contribution in [0.1, 0.15) is 29.5 Å². The lowest BCUT2D eigenvalue weighted by Crippen LogP contribution is -2.55.